The van der Waals surface area contributed by atoms with E-state index in [0.717, 1.165) is 12.3 Å². The van der Waals surface area contributed by atoms with Gasteiger partial charge in [0.25, 0.3) is 0 Å². The lowest BCUT2D eigenvalue weighted by Crippen LogP contribution is -1.97. The zero-order valence-electron chi connectivity index (χ0n) is 5.32. The summed E-state index contributed by atoms with van der Waals surface area (Å²) >= 11 is 0. The van der Waals surface area contributed by atoms with Crippen molar-refractivity contribution in [2.45, 2.75) is 0 Å². The van der Waals surface area contributed by atoms with Gasteiger partial charge in [0.2, 0.25) is 5.82 Å². The van der Waals surface area contributed by atoms with E-state index in [2.05, 4.69) is 4.98 Å². The van der Waals surface area contributed by atoms with Gasteiger partial charge in [0.1, 0.15) is 0 Å². The fourth-order valence-corrected chi connectivity index (χ4v) is 0.580. The van der Waals surface area contributed by atoms with Crippen molar-refractivity contribution in [3.05, 3.63) is 28.2 Å². The first-order chi connectivity index (χ1) is 5.11. The van der Waals surface area contributed by atoms with Gasteiger partial charge in [0.15, 0.2) is 6.20 Å². The Bertz CT molecular complexity index is 302. The third-order valence-electron chi connectivity index (χ3n) is 1.02. The molecule has 0 aliphatic carbocycles. The molecule has 0 saturated carbocycles. The van der Waals surface area contributed by atoms with Gasteiger partial charge in [-0.05, 0) is 9.91 Å². The van der Waals surface area contributed by atoms with Crippen molar-refractivity contribution in [2.24, 2.45) is 0 Å². The molecule has 0 amide bonds. The van der Waals surface area contributed by atoms with Crippen LogP contribution >= 0.6 is 0 Å². The van der Waals surface area contributed by atoms with E-state index in [1.807, 2.05) is 0 Å². The average molecular weight is 157 g/mol. The van der Waals surface area contributed by atoms with Crippen LogP contribution in [0.2, 0.25) is 0 Å². The first-order valence-electron chi connectivity index (χ1n) is 2.66. The Balaban J connectivity index is 3.20. The first kappa shape index (κ1) is 7.39. The van der Waals surface area contributed by atoms with Crippen molar-refractivity contribution in [3.63, 3.8) is 0 Å². The third kappa shape index (κ3) is 1.40. The maximum atomic E-state index is 12.5. The van der Waals surface area contributed by atoms with Gasteiger partial charge in [-0.25, -0.2) is 0 Å². The molecule has 0 spiro atoms. The van der Waals surface area contributed by atoms with Crippen LogP contribution in [0.4, 0.5) is 15.9 Å². The SMILES string of the molecule is Nc1cnc([N+](=O)[O-])c(F)c1. The minimum Gasteiger partial charge on any atom is -0.396 e. The van der Waals surface area contributed by atoms with Gasteiger partial charge in [-0.15, -0.1) is 0 Å². The van der Waals surface area contributed by atoms with Crippen molar-refractivity contribution in [3.8, 4) is 0 Å². The van der Waals surface area contributed by atoms with Gasteiger partial charge in [0, 0.05) is 6.07 Å². The number of hydrogen-bond donors (Lipinski definition) is 1. The van der Waals surface area contributed by atoms with Crippen LogP contribution in [0, 0.1) is 15.9 Å². The molecule has 58 valence electrons. The molecule has 1 heterocycles. The number of aromatic nitrogens is 1. The van der Waals surface area contributed by atoms with E-state index in [4.69, 9.17) is 5.73 Å². The molecule has 1 aromatic heterocycles. The van der Waals surface area contributed by atoms with Crippen LogP contribution in [0.3, 0.4) is 0 Å². The zero-order chi connectivity index (χ0) is 8.43. The number of nitrogen functional groups attached to an aromatic ring is 1. The third-order valence-corrected chi connectivity index (χ3v) is 1.02. The highest BCUT2D eigenvalue weighted by atomic mass is 19.1. The molecule has 0 fully saturated rings. The van der Waals surface area contributed by atoms with Crippen molar-refractivity contribution >= 4 is 11.5 Å². The summed E-state index contributed by atoms with van der Waals surface area (Å²) in [6.07, 6.45) is 1.03. The molecule has 0 bridgehead atoms. The number of nitrogens with zero attached hydrogens (tertiary/aromatic N) is 2. The molecule has 0 aliphatic rings. The highest BCUT2D eigenvalue weighted by molar-refractivity contribution is 5.39. The summed E-state index contributed by atoms with van der Waals surface area (Å²) in [4.78, 5) is 12.3. The molecule has 11 heavy (non-hydrogen) atoms. The van der Waals surface area contributed by atoms with E-state index in [9.17, 15) is 14.5 Å². The van der Waals surface area contributed by atoms with E-state index >= 15 is 0 Å². The number of nitrogens with two attached hydrogens (primary N) is 1. The average Bonchev–Trinajstić information content (AvgIpc) is 1.85. The second-order valence-electron chi connectivity index (χ2n) is 1.83. The Morgan fingerprint density at radius 1 is 1.73 bits per heavy atom. The summed E-state index contributed by atoms with van der Waals surface area (Å²) in [5.41, 5.74) is 5.17. The van der Waals surface area contributed by atoms with Crippen LogP contribution in [0.25, 0.3) is 0 Å². The smallest absolute Gasteiger partial charge is 0.396 e. The first-order valence-corrected chi connectivity index (χ1v) is 2.66. The maximum absolute atomic E-state index is 12.5. The molecular weight excluding hydrogens is 153 g/mol. The number of rotatable bonds is 1. The Morgan fingerprint density at radius 3 is 2.82 bits per heavy atom. The molecule has 0 saturated heterocycles. The monoisotopic (exact) mass is 157 g/mol. The van der Waals surface area contributed by atoms with Crippen LogP contribution in [0.1, 0.15) is 0 Å². The predicted molar refractivity (Wildman–Crippen MR) is 35.3 cm³/mol. The zero-order valence-corrected chi connectivity index (χ0v) is 5.32. The summed E-state index contributed by atoms with van der Waals surface area (Å²) in [6, 6.07) is 0.852. The summed E-state index contributed by atoms with van der Waals surface area (Å²) in [5.74, 6) is -1.82. The molecule has 0 aromatic carbocycles. The minimum absolute atomic E-state index is 0.0631. The van der Waals surface area contributed by atoms with Crippen LogP contribution in [-0.2, 0) is 0 Å². The van der Waals surface area contributed by atoms with Crippen LogP contribution in [0.15, 0.2) is 12.3 Å². The second-order valence-corrected chi connectivity index (χ2v) is 1.83. The fraction of sp³-hybridized carbons (Fsp3) is 0. The van der Waals surface area contributed by atoms with E-state index in [1.165, 1.54) is 0 Å². The molecule has 5 nitrogen and oxygen atoms in total. The predicted octanol–water partition coefficient (Wildman–Crippen LogP) is 0.711. The lowest BCUT2D eigenvalue weighted by molar-refractivity contribution is -0.392. The van der Waals surface area contributed by atoms with Crippen LogP contribution in [0.5, 0.6) is 0 Å². The topological polar surface area (TPSA) is 82.0 Å². The fourth-order valence-electron chi connectivity index (χ4n) is 0.580. The van der Waals surface area contributed by atoms with E-state index in [-0.39, 0.29) is 5.69 Å². The number of pyridine rings is 1. The molecule has 0 radical (unpaired) electrons. The molecule has 1 rings (SSSR count). The highest BCUT2D eigenvalue weighted by Gasteiger charge is 2.14. The van der Waals surface area contributed by atoms with Gasteiger partial charge >= 0.3 is 5.82 Å². The van der Waals surface area contributed by atoms with Crippen molar-refractivity contribution in [1.29, 1.82) is 0 Å². The van der Waals surface area contributed by atoms with E-state index in [1.54, 1.807) is 0 Å². The number of nitro groups is 1. The molecule has 0 unspecified atom stereocenters. The second kappa shape index (κ2) is 2.49. The van der Waals surface area contributed by atoms with Crippen LogP contribution < -0.4 is 5.73 Å². The van der Waals surface area contributed by atoms with Gasteiger partial charge < -0.3 is 15.8 Å². The van der Waals surface area contributed by atoms with Gasteiger partial charge in [0.05, 0.1) is 5.69 Å². The Morgan fingerprint density at radius 2 is 2.36 bits per heavy atom. The summed E-state index contributed by atoms with van der Waals surface area (Å²) in [7, 11) is 0. The van der Waals surface area contributed by atoms with Crippen LogP contribution in [-0.4, -0.2) is 9.91 Å². The van der Waals surface area contributed by atoms with Crippen molar-refractivity contribution in [2.75, 3.05) is 5.73 Å². The molecule has 0 atom stereocenters. The molecular formula is C5H4FN3O2. The lowest BCUT2D eigenvalue weighted by atomic mass is 10.4. The number of hydrogen-bond acceptors (Lipinski definition) is 4. The van der Waals surface area contributed by atoms with Gasteiger partial charge in [-0.1, -0.05) is 0 Å². The maximum Gasteiger partial charge on any atom is 0.399 e. The van der Waals surface area contributed by atoms with Crippen molar-refractivity contribution in [1.82, 2.24) is 4.98 Å². The Kier molecular flexibility index (Phi) is 1.67. The van der Waals surface area contributed by atoms with E-state index in [0.29, 0.717) is 0 Å². The Labute approximate surface area is 60.8 Å². The Hall–Kier alpha value is -1.72. The highest BCUT2D eigenvalue weighted by Crippen LogP contribution is 2.14. The summed E-state index contributed by atoms with van der Waals surface area (Å²) in [6.45, 7) is 0. The standard InChI is InChI=1S/C5H4FN3O2/c6-4-1-3(7)2-8-5(4)9(10)11/h1-2H,7H2. The van der Waals surface area contributed by atoms with Crippen molar-refractivity contribution < 1.29 is 9.31 Å². The quantitative estimate of drug-likeness (QED) is 0.480. The largest absolute Gasteiger partial charge is 0.399 e. The summed E-state index contributed by atoms with van der Waals surface area (Å²) in [5, 5.41) is 10.00. The normalized spacial score (nSPS) is 9.55. The number of anilines is 1. The molecule has 0 aliphatic heterocycles. The molecule has 2 N–H and O–H groups in total. The van der Waals surface area contributed by atoms with Gasteiger partial charge in [-0.2, -0.15) is 4.39 Å². The number of halogens is 1. The minimum atomic E-state index is -1.02. The lowest BCUT2D eigenvalue weighted by Gasteiger charge is -1.92. The van der Waals surface area contributed by atoms with E-state index < -0.39 is 16.6 Å². The summed E-state index contributed by atoms with van der Waals surface area (Å²) < 4.78 is 12.5. The molecule has 6 heteroatoms. The molecule has 1 aromatic rings. The van der Waals surface area contributed by atoms with Gasteiger partial charge in [-0.3, -0.25) is 0 Å².